The van der Waals surface area contributed by atoms with Crippen LogP contribution >= 0.6 is 0 Å². The van der Waals surface area contributed by atoms with Crippen LogP contribution in [0.2, 0.25) is 0 Å². The highest BCUT2D eigenvalue weighted by atomic mass is 16.1. The number of hydrogen-bond acceptors (Lipinski definition) is 3. The molecule has 3 rings (SSSR count). The largest absolute Gasteiger partial charge is 0.381 e. The molecular weight excluding hydrogens is 322 g/mol. The van der Waals surface area contributed by atoms with Crippen molar-refractivity contribution in [3.8, 4) is 0 Å². The number of aromatic nitrogens is 1. The van der Waals surface area contributed by atoms with Crippen molar-refractivity contribution in [3.63, 3.8) is 0 Å². The molecule has 0 bridgehead atoms. The normalized spacial score (nSPS) is 11.6. The van der Waals surface area contributed by atoms with Crippen molar-refractivity contribution in [1.82, 2.24) is 10.3 Å². The van der Waals surface area contributed by atoms with Gasteiger partial charge in [-0.05, 0) is 37.1 Å². The maximum atomic E-state index is 12.5. The Morgan fingerprint density at radius 1 is 1.04 bits per heavy atom. The maximum Gasteiger partial charge on any atom is 0.270 e. The third-order valence-electron chi connectivity index (χ3n) is 4.22. The third-order valence-corrected chi connectivity index (χ3v) is 4.22. The van der Waals surface area contributed by atoms with E-state index in [9.17, 15) is 4.79 Å². The zero-order valence-corrected chi connectivity index (χ0v) is 15.1. The Morgan fingerprint density at radius 3 is 2.62 bits per heavy atom. The second-order valence-electron chi connectivity index (χ2n) is 6.38. The number of nitrogens with one attached hydrogen (secondary N) is 2. The summed E-state index contributed by atoms with van der Waals surface area (Å²) in [6.45, 7) is 4.74. The molecule has 4 nitrogen and oxygen atoms in total. The van der Waals surface area contributed by atoms with Gasteiger partial charge in [0.2, 0.25) is 0 Å². The highest BCUT2D eigenvalue weighted by Gasteiger charge is 2.12. The Bertz CT molecular complexity index is 877. The van der Waals surface area contributed by atoms with Gasteiger partial charge in [-0.2, -0.15) is 0 Å². The molecule has 3 aromatic rings. The molecule has 0 fully saturated rings. The molecule has 0 spiro atoms. The van der Waals surface area contributed by atoms with Gasteiger partial charge in [-0.1, -0.05) is 60.2 Å². The summed E-state index contributed by atoms with van der Waals surface area (Å²) in [6, 6.07) is 21.8. The molecule has 1 amide bonds. The van der Waals surface area contributed by atoms with E-state index >= 15 is 0 Å². The molecule has 0 saturated carbocycles. The van der Waals surface area contributed by atoms with E-state index in [4.69, 9.17) is 0 Å². The number of benzene rings is 2. The highest BCUT2D eigenvalue weighted by Crippen LogP contribution is 2.14. The molecule has 1 unspecified atom stereocenters. The van der Waals surface area contributed by atoms with Crippen molar-refractivity contribution in [1.29, 1.82) is 0 Å². The molecule has 0 radical (unpaired) electrons. The summed E-state index contributed by atoms with van der Waals surface area (Å²) in [6.07, 6.45) is 1.65. The zero-order chi connectivity index (χ0) is 18.4. The number of rotatable bonds is 6. The SMILES string of the molecule is Cc1cccc(CNc2ccnc(C(=O)NC(C)c3ccccc3)c2)c1. The van der Waals surface area contributed by atoms with Crippen LogP contribution in [0.4, 0.5) is 5.69 Å². The van der Waals surface area contributed by atoms with Gasteiger partial charge in [0.1, 0.15) is 5.69 Å². The predicted octanol–water partition coefficient (Wildman–Crippen LogP) is 4.49. The average Bonchev–Trinajstić information content (AvgIpc) is 2.67. The van der Waals surface area contributed by atoms with Gasteiger partial charge in [0.25, 0.3) is 5.91 Å². The number of amides is 1. The van der Waals surface area contributed by atoms with Crippen LogP contribution in [0, 0.1) is 6.92 Å². The number of anilines is 1. The molecule has 26 heavy (non-hydrogen) atoms. The van der Waals surface area contributed by atoms with Crippen molar-refractivity contribution < 1.29 is 4.79 Å². The van der Waals surface area contributed by atoms with Crippen LogP contribution in [-0.4, -0.2) is 10.9 Å². The van der Waals surface area contributed by atoms with Gasteiger partial charge >= 0.3 is 0 Å². The molecule has 2 N–H and O–H groups in total. The number of pyridine rings is 1. The topological polar surface area (TPSA) is 54.0 Å². The zero-order valence-electron chi connectivity index (χ0n) is 15.1. The Labute approximate surface area is 154 Å². The lowest BCUT2D eigenvalue weighted by Crippen LogP contribution is -2.27. The molecule has 1 aromatic heterocycles. The second-order valence-corrected chi connectivity index (χ2v) is 6.38. The van der Waals surface area contributed by atoms with Crippen LogP contribution in [0.15, 0.2) is 72.9 Å². The molecule has 1 heterocycles. The maximum absolute atomic E-state index is 12.5. The monoisotopic (exact) mass is 345 g/mol. The standard InChI is InChI=1S/C22H23N3O/c1-16-7-6-8-18(13-16)15-24-20-11-12-23-21(14-20)22(26)25-17(2)19-9-4-3-5-10-19/h3-14,17H,15H2,1-2H3,(H,23,24)(H,25,26). The number of hydrogen-bond donors (Lipinski definition) is 2. The van der Waals surface area contributed by atoms with Crippen molar-refractivity contribution in [3.05, 3.63) is 95.3 Å². The van der Waals surface area contributed by atoms with Crippen LogP contribution in [0.1, 0.15) is 40.1 Å². The Balaban J connectivity index is 1.63. The molecule has 0 aliphatic rings. The molecule has 1 atom stereocenters. The smallest absolute Gasteiger partial charge is 0.270 e. The summed E-state index contributed by atoms with van der Waals surface area (Å²) in [5.74, 6) is -0.180. The van der Waals surface area contributed by atoms with Gasteiger partial charge in [0.15, 0.2) is 0 Å². The molecule has 0 aliphatic carbocycles. The summed E-state index contributed by atoms with van der Waals surface area (Å²) in [5.41, 5.74) is 4.77. The van der Waals surface area contributed by atoms with E-state index in [1.54, 1.807) is 12.3 Å². The van der Waals surface area contributed by atoms with Crippen molar-refractivity contribution in [2.24, 2.45) is 0 Å². The minimum absolute atomic E-state index is 0.0746. The predicted molar refractivity (Wildman–Crippen MR) is 105 cm³/mol. The summed E-state index contributed by atoms with van der Waals surface area (Å²) in [4.78, 5) is 16.7. The Hall–Kier alpha value is -3.14. The fourth-order valence-corrected chi connectivity index (χ4v) is 2.79. The van der Waals surface area contributed by atoms with Gasteiger partial charge in [-0.15, -0.1) is 0 Å². The van der Waals surface area contributed by atoms with Gasteiger partial charge < -0.3 is 10.6 Å². The number of carbonyl (C=O) groups excluding carboxylic acids is 1. The Kier molecular flexibility index (Phi) is 5.64. The van der Waals surface area contributed by atoms with Crippen LogP contribution in [0.5, 0.6) is 0 Å². The van der Waals surface area contributed by atoms with E-state index in [1.165, 1.54) is 11.1 Å². The first-order valence-corrected chi connectivity index (χ1v) is 8.73. The van der Waals surface area contributed by atoms with Crippen LogP contribution in [0.3, 0.4) is 0 Å². The second kappa shape index (κ2) is 8.30. The van der Waals surface area contributed by atoms with E-state index in [0.717, 1.165) is 11.3 Å². The molecule has 0 aliphatic heterocycles. The Morgan fingerprint density at radius 2 is 1.85 bits per heavy atom. The molecule has 132 valence electrons. The number of aryl methyl sites for hydroxylation is 1. The van der Waals surface area contributed by atoms with E-state index in [0.29, 0.717) is 12.2 Å². The van der Waals surface area contributed by atoms with Crippen LogP contribution < -0.4 is 10.6 Å². The minimum Gasteiger partial charge on any atom is -0.381 e. The molecule has 0 saturated heterocycles. The number of carbonyl (C=O) groups is 1. The fourth-order valence-electron chi connectivity index (χ4n) is 2.79. The first-order chi connectivity index (χ1) is 12.6. The van der Waals surface area contributed by atoms with Crippen molar-refractivity contribution in [2.75, 3.05) is 5.32 Å². The van der Waals surface area contributed by atoms with Gasteiger partial charge in [0.05, 0.1) is 6.04 Å². The molecule has 4 heteroatoms. The van der Waals surface area contributed by atoms with Crippen molar-refractivity contribution in [2.45, 2.75) is 26.4 Å². The minimum atomic E-state index is -0.180. The molecular formula is C22H23N3O. The first kappa shape index (κ1) is 17.7. The third kappa shape index (κ3) is 4.70. The first-order valence-electron chi connectivity index (χ1n) is 8.73. The van der Waals surface area contributed by atoms with E-state index < -0.39 is 0 Å². The lowest BCUT2D eigenvalue weighted by atomic mass is 10.1. The summed E-state index contributed by atoms with van der Waals surface area (Å²) >= 11 is 0. The fraction of sp³-hybridized carbons (Fsp3) is 0.182. The highest BCUT2D eigenvalue weighted by molar-refractivity contribution is 5.93. The summed E-state index contributed by atoms with van der Waals surface area (Å²) < 4.78 is 0. The van der Waals surface area contributed by atoms with Gasteiger partial charge in [0, 0.05) is 18.4 Å². The van der Waals surface area contributed by atoms with Crippen molar-refractivity contribution >= 4 is 11.6 Å². The van der Waals surface area contributed by atoms with E-state index in [-0.39, 0.29) is 11.9 Å². The van der Waals surface area contributed by atoms with Gasteiger partial charge in [-0.3, -0.25) is 9.78 Å². The molecule has 2 aromatic carbocycles. The van der Waals surface area contributed by atoms with Crippen LogP contribution in [0.25, 0.3) is 0 Å². The van der Waals surface area contributed by atoms with E-state index in [2.05, 4.69) is 40.7 Å². The van der Waals surface area contributed by atoms with E-state index in [1.807, 2.05) is 49.4 Å². The summed E-state index contributed by atoms with van der Waals surface area (Å²) in [7, 11) is 0. The average molecular weight is 345 g/mol. The summed E-state index contributed by atoms with van der Waals surface area (Å²) in [5, 5.41) is 6.34. The lowest BCUT2D eigenvalue weighted by Gasteiger charge is -2.14. The van der Waals surface area contributed by atoms with Crippen LogP contribution in [-0.2, 0) is 6.54 Å². The quantitative estimate of drug-likeness (QED) is 0.692. The number of nitrogens with zero attached hydrogens (tertiary/aromatic N) is 1. The lowest BCUT2D eigenvalue weighted by molar-refractivity contribution is 0.0935. The van der Waals surface area contributed by atoms with Gasteiger partial charge in [-0.25, -0.2) is 0 Å².